The first-order chi connectivity index (χ1) is 9.08. The van der Waals surface area contributed by atoms with E-state index < -0.39 is 0 Å². The van der Waals surface area contributed by atoms with Crippen LogP contribution in [0.4, 0.5) is 10.3 Å². The molecule has 2 N–H and O–H groups in total. The fourth-order valence-corrected chi connectivity index (χ4v) is 2.74. The largest absolute Gasteiger partial charge is 0.369 e. The van der Waals surface area contributed by atoms with Crippen LogP contribution in [0.3, 0.4) is 0 Å². The van der Waals surface area contributed by atoms with Crippen LogP contribution in [0.25, 0.3) is 16.7 Å². The summed E-state index contributed by atoms with van der Waals surface area (Å²) in [6, 6.07) is 11.1. The van der Waals surface area contributed by atoms with Gasteiger partial charge >= 0.3 is 0 Å². The fourth-order valence-electron chi connectivity index (χ4n) is 2.11. The zero-order chi connectivity index (χ0) is 13.6. The third kappa shape index (κ3) is 1.98. The lowest BCUT2D eigenvalue weighted by Gasteiger charge is -2.09. The third-order valence-electron chi connectivity index (χ3n) is 3.05. The number of nitrogen functional groups attached to an aromatic ring is 1. The van der Waals surface area contributed by atoms with Crippen LogP contribution < -0.4 is 5.73 Å². The number of anilines is 1. The molecule has 3 nitrogen and oxygen atoms in total. The monoisotopic (exact) mass is 367 g/mol. The summed E-state index contributed by atoms with van der Waals surface area (Å²) in [6.07, 6.45) is 0. The first-order valence-corrected chi connectivity index (χ1v) is 6.85. The van der Waals surface area contributed by atoms with Crippen LogP contribution in [0.1, 0.15) is 5.56 Å². The van der Waals surface area contributed by atoms with Crippen LogP contribution >= 0.6 is 22.6 Å². The number of nitrogens with two attached hydrogens (primary N) is 1. The summed E-state index contributed by atoms with van der Waals surface area (Å²) in [7, 11) is 0. The quantitative estimate of drug-likeness (QED) is 0.668. The molecular formula is C14H11FIN3. The number of nitrogens with zero attached hydrogens (tertiary/aromatic N) is 2. The number of fused-ring (bicyclic) bond motifs is 1. The van der Waals surface area contributed by atoms with E-state index in [1.54, 1.807) is 13.0 Å². The van der Waals surface area contributed by atoms with Crippen LogP contribution in [0.5, 0.6) is 0 Å². The van der Waals surface area contributed by atoms with Crippen molar-refractivity contribution in [3.8, 4) is 5.69 Å². The molecule has 0 bridgehead atoms. The van der Waals surface area contributed by atoms with Gasteiger partial charge in [-0.05, 0) is 53.3 Å². The van der Waals surface area contributed by atoms with Gasteiger partial charge in [-0.25, -0.2) is 9.37 Å². The second kappa shape index (κ2) is 4.48. The topological polar surface area (TPSA) is 43.8 Å². The van der Waals surface area contributed by atoms with Gasteiger partial charge in [0.1, 0.15) is 5.82 Å². The maximum absolute atomic E-state index is 13.6. The molecule has 0 aliphatic heterocycles. The van der Waals surface area contributed by atoms with E-state index >= 15 is 0 Å². The number of rotatable bonds is 1. The average molecular weight is 367 g/mol. The number of aryl methyl sites for hydroxylation is 1. The van der Waals surface area contributed by atoms with Gasteiger partial charge in [-0.1, -0.05) is 12.1 Å². The smallest absolute Gasteiger partial charge is 0.205 e. The Bertz CT molecular complexity index is 780. The van der Waals surface area contributed by atoms with Crippen molar-refractivity contribution in [2.24, 2.45) is 0 Å². The molecule has 0 fully saturated rings. The molecule has 0 radical (unpaired) electrons. The molecule has 0 atom stereocenters. The molecular weight excluding hydrogens is 356 g/mol. The Morgan fingerprint density at radius 2 is 2.00 bits per heavy atom. The van der Waals surface area contributed by atoms with Gasteiger partial charge in [0.15, 0.2) is 0 Å². The second-order valence-corrected chi connectivity index (χ2v) is 5.51. The summed E-state index contributed by atoms with van der Waals surface area (Å²) in [4.78, 5) is 4.23. The van der Waals surface area contributed by atoms with Gasteiger partial charge in [-0.2, -0.15) is 0 Å². The van der Waals surface area contributed by atoms with Crippen molar-refractivity contribution in [2.45, 2.75) is 6.92 Å². The molecule has 0 unspecified atom stereocenters. The Morgan fingerprint density at radius 3 is 2.74 bits per heavy atom. The predicted molar refractivity (Wildman–Crippen MR) is 82.9 cm³/mol. The van der Waals surface area contributed by atoms with Crippen molar-refractivity contribution in [2.75, 3.05) is 5.73 Å². The van der Waals surface area contributed by atoms with E-state index in [-0.39, 0.29) is 5.82 Å². The highest BCUT2D eigenvalue weighted by molar-refractivity contribution is 14.1. The average Bonchev–Trinajstić information content (AvgIpc) is 2.66. The van der Waals surface area contributed by atoms with Crippen LogP contribution in [0.2, 0.25) is 0 Å². The normalized spacial score (nSPS) is 11.1. The first-order valence-electron chi connectivity index (χ1n) is 5.77. The summed E-state index contributed by atoms with van der Waals surface area (Å²) >= 11 is 2.25. The molecule has 3 aromatic rings. The van der Waals surface area contributed by atoms with Gasteiger partial charge in [0.25, 0.3) is 0 Å². The van der Waals surface area contributed by atoms with Crippen molar-refractivity contribution in [1.29, 1.82) is 0 Å². The van der Waals surface area contributed by atoms with Crippen LogP contribution in [-0.2, 0) is 0 Å². The van der Waals surface area contributed by atoms with Crippen molar-refractivity contribution >= 4 is 39.6 Å². The lowest BCUT2D eigenvalue weighted by atomic mass is 10.2. The van der Waals surface area contributed by atoms with E-state index in [0.717, 1.165) is 14.8 Å². The Morgan fingerprint density at radius 1 is 1.26 bits per heavy atom. The van der Waals surface area contributed by atoms with Crippen molar-refractivity contribution in [3.63, 3.8) is 0 Å². The predicted octanol–water partition coefficient (Wildman–Crippen LogP) is 3.66. The lowest BCUT2D eigenvalue weighted by molar-refractivity contribution is 0.620. The highest BCUT2D eigenvalue weighted by Gasteiger charge is 2.13. The molecule has 0 aliphatic carbocycles. The number of halogens is 2. The summed E-state index contributed by atoms with van der Waals surface area (Å²) in [6.45, 7) is 1.73. The minimum absolute atomic E-state index is 0.264. The summed E-state index contributed by atoms with van der Waals surface area (Å²) in [5, 5.41) is 0. The molecule has 0 saturated heterocycles. The maximum atomic E-state index is 13.6. The molecule has 19 heavy (non-hydrogen) atoms. The molecule has 1 aromatic heterocycles. The van der Waals surface area contributed by atoms with Gasteiger partial charge in [-0.15, -0.1) is 0 Å². The van der Waals surface area contributed by atoms with Crippen molar-refractivity contribution in [3.05, 3.63) is 51.3 Å². The highest BCUT2D eigenvalue weighted by Crippen LogP contribution is 2.27. The fraction of sp³-hybridized carbons (Fsp3) is 0.0714. The molecule has 3 rings (SSSR count). The van der Waals surface area contributed by atoms with Gasteiger partial charge in [-0.3, -0.25) is 4.57 Å². The highest BCUT2D eigenvalue weighted by atomic mass is 127. The number of para-hydroxylation sites is 1. The Balaban J connectivity index is 2.38. The number of hydrogen-bond donors (Lipinski definition) is 1. The Hall–Kier alpha value is -1.63. The SMILES string of the molecule is Cc1cc2c(cc1F)nc(N)n2-c1ccccc1I. The van der Waals surface area contributed by atoms with E-state index in [1.165, 1.54) is 6.07 Å². The molecule has 0 aliphatic rings. The standard InChI is InChI=1S/C14H11FIN3/c1-8-6-13-11(7-9(8)15)18-14(17)19(13)12-5-3-2-4-10(12)16/h2-7H,1H3,(H2,17,18). The molecule has 1 heterocycles. The van der Waals surface area contributed by atoms with Gasteiger partial charge in [0.2, 0.25) is 5.95 Å². The van der Waals surface area contributed by atoms with Crippen molar-refractivity contribution in [1.82, 2.24) is 9.55 Å². The van der Waals surface area contributed by atoms with E-state index in [1.807, 2.05) is 28.8 Å². The van der Waals surface area contributed by atoms with E-state index in [9.17, 15) is 4.39 Å². The van der Waals surface area contributed by atoms with Gasteiger partial charge in [0.05, 0.1) is 16.7 Å². The molecule has 5 heteroatoms. The minimum Gasteiger partial charge on any atom is -0.369 e. The zero-order valence-corrected chi connectivity index (χ0v) is 12.3. The van der Waals surface area contributed by atoms with Crippen LogP contribution in [0, 0.1) is 16.3 Å². The van der Waals surface area contributed by atoms with Gasteiger partial charge < -0.3 is 5.73 Å². The summed E-state index contributed by atoms with van der Waals surface area (Å²) in [5.41, 5.74) is 8.91. The van der Waals surface area contributed by atoms with E-state index in [0.29, 0.717) is 17.0 Å². The number of imidazole rings is 1. The van der Waals surface area contributed by atoms with E-state index in [4.69, 9.17) is 5.73 Å². The van der Waals surface area contributed by atoms with E-state index in [2.05, 4.69) is 27.6 Å². The number of hydrogen-bond acceptors (Lipinski definition) is 2. The molecule has 0 spiro atoms. The number of aromatic nitrogens is 2. The number of benzene rings is 2. The molecule has 2 aromatic carbocycles. The molecule has 0 saturated carbocycles. The third-order valence-corrected chi connectivity index (χ3v) is 3.97. The minimum atomic E-state index is -0.264. The second-order valence-electron chi connectivity index (χ2n) is 4.35. The summed E-state index contributed by atoms with van der Waals surface area (Å²) < 4.78 is 16.5. The van der Waals surface area contributed by atoms with Crippen molar-refractivity contribution < 1.29 is 4.39 Å². The van der Waals surface area contributed by atoms with Crippen LogP contribution in [-0.4, -0.2) is 9.55 Å². The Labute approximate surface area is 123 Å². The zero-order valence-electron chi connectivity index (χ0n) is 10.2. The first kappa shape index (κ1) is 12.4. The Kier molecular flexibility index (Phi) is 2.93. The summed E-state index contributed by atoms with van der Waals surface area (Å²) in [5.74, 6) is 0.101. The van der Waals surface area contributed by atoms with Crippen LogP contribution in [0.15, 0.2) is 36.4 Å². The molecule has 96 valence electrons. The molecule has 0 amide bonds. The maximum Gasteiger partial charge on any atom is 0.205 e. The van der Waals surface area contributed by atoms with Gasteiger partial charge in [0, 0.05) is 9.64 Å². The lowest BCUT2D eigenvalue weighted by Crippen LogP contribution is -2.02.